The molecule has 0 fully saturated rings. The molecule has 14 heavy (non-hydrogen) atoms. The fraction of sp³-hybridized carbons (Fsp3) is 0.364. The third kappa shape index (κ3) is 2.55. The van der Waals surface area contributed by atoms with E-state index in [9.17, 15) is 9.18 Å². The third-order valence-corrected chi connectivity index (χ3v) is 2.37. The number of carbonyl (C=O) groups is 1. The lowest BCUT2D eigenvalue weighted by Crippen LogP contribution is -2.03. The SMILES string of the molecule is Cc1c(F)cccc1C(=O)CCCCl. The maximum atomic E-state index is 13.1. The van der Waals surface area contributed by atoms with E-state index in [1.165, 1.54) is 6.07 Å². The minimum absolute atomic E-state index is 0.0392. The molecule has 0 atom stereocenters. The van der Waals surface area contributed by atoms with Crippen molar-refractivity contribution in [2.45, 2.75) is 19.8 Å². The Balaban J connectivity index is 2.84. The van der Waals surface area contributed by atoms with Crippen molar-refractivity contribution in [3.63, 3.8) is 0 Å². The number of halogens is 2. The molecule has 0 heterocycles. The Morgan fingerprint density at radius 3 is 2.86 bits per heavy atom. The third-order valence-electron chi connectivity index (χ3n) is 2.11. The molecule has 0 amide bonds. The Kier molecular flexibility index (Phi) is 4.08. The largest absolute Gasteiger partial charge is 0.294 e. The highest BCUT2D eigenvalue weighted by molar-refractivity contribution is 6.18. The summed E-state index contributed by atoms with van der Waals surface area (Å²) in [5.74, 6) is 0.0875. The molecule has 0 aliphatic rings. The Morgan fingerprint density at radius 2 is 2.21 bits per heavy atom. The molecular weight excluding hydrogens is 203 g/mol. The fourth-order valence-corrected chi connectivity index (χ4v) is 1.41. The zero-order valence-corrected chi connectivity index (χ0v) is 8.77. The fourth-order valence-electron chi connectivity index (χ4n) is 1.27. The number of ketones is 1. The van der Waals surface area contributed by atoms with Crippen molar-refractivity contribution in [2.75, 3.05) is 5.88 Å². The van der Waals surface area contributed by atoms with E-state index in [1.807, 2.05) is 0 Å². The molecule has 0 radical (unpaired) electrons. The molecule has 0 N–H and O–H groups in total. The van der Waals surface area contributed by atoms with Crippen LogP contribution in [0.5, 0.6) is 0 Å². The second-order valence-corrected chi connectivity index (χ2v) is 3.51. The van der Waals surface area contributed by atoms with Gasteiger partial charge < -0.3 is 0 Å². The number of rotatable bonds is 4. The summed E-state index contributed by atoms with van der Waals surface area (Å²) in [4.78, 5) is 11.6. The molecule has 0 spiro atoms. The number of hydrogen-bond donors (Lipinski definition) is 0. The molecule has 1 aromatic carbocycles. The molecule has 0 unspecified atom stereocenters. The molecule has 1 nitrogen and oxygen atoms in total. The van der Waals surface area contributed by atoms with Crippen LogP contribution in [-0.2, 0) is 0 Å². The maximum Gasteiger partial charge on any atom is 0.163 e. The van der Waals surface area contributed by atoms with Crippen LogP contribution in [0.4, 0.5) is 4.39 Å². The van der Waals surface area contributed by atoms with Crippen molar-refractivity contribution >= 4 is 17.4 Å². The van der Waals surface area contributed by atoms with Gasteiger partial charge in [0, 0.05) is 17.9 Å². The van der Waals surface area contributed by atoms with Gasteiger partial charge in [0.2, 0.25) is 0 Å². The zero-order chi connectivity index (χ0) is 10.6. The number of carbonyl (C=O) groups excluding carboxylic acids is 1. The van der Waals surface area contributed by atoms with E-state index in [2.05, 4.69) is 0 Å². The van der Waals surface area contributed by atoms with Crippen LogP contribution in [0.25, 0.3) is 0 Å². The van der Waals surface area contributed by atoms with E-state index in [0.717, 1.165) is 0 Å². The van der Waals surface area contributed by atoms with Crippen molar-refractivity contribution in [3.05, 3.63) is 35.1 Å². The first-order chi connectivity index (χ1) is 6.66. The molecular formula is C11H12ClFO. The van der Waals surface area contributed by atoms with Gasteiger partial charge in [-0.15, -0.1) is 11.6 Å². The van der Waals surface area contributed by atoms with Crippen LogP contribution in [0.15, 0.2) is 18.2 Å². The van der Waals surface area contributed by atoms with Crippen LogP contribution in [0.2, 0.25) is 0 Å². The molecule has 1 rings (SSSR count). The lowest BCUT2D eigenvalue weighted by atomic mass is 10.0. The highest BCUT2D eigenvalue weighted by Gasteiger charge is 2.10. The van der Waals surface area contributed by atoms with Gasteiger partial charge in [0.15, 0.2) is 5.78 Å². The Morgan fingerprint density at radius 1 is 1.50 bits per heavy atom. The van der Waals surface area contributed by atoms with E-state index in [4.69, 9.17) is 11.6 Å². The quantitative estimate of drug-likeness (QED) is 0.555. The summed E-state index contributed by atoms with van der Waals surface area (Å²) < 4.78 is 13.1. The minimum atomic E-state index is -0.332. The van der Waals surface area contributed by atoms with Crippen molar-refractivity contribution in [1.29, 1.82) is 0 Å². The lowest BCUT2D eigenvalue weighted by molar-refractivity contribution is 0.0981. The molecule has 0 aromatic heterocycles. The Bertz CT molecular complexity index is 336. The van der Waals surface area contributed by atoms with Crippen molar-refractivity contribution in [1.82, 2.24) is 0 Å². The van der Waals surface area contributed by atoms with Crippen molar-refractivity contribution < 1.29 is 9.18 Å². The summed E-state index contributed by atoms with van der Waals surface area (Å²) in [6.07, 6.45) is 1.02. The summed E-state index contributed by atoms with van der Waals surface area (Å²) in [5, 5.41) is 0. The predicted octanol–water partition coefficient (Wildman–Crippen LogP) is 3.34. The molecule has 0 aliphatic carbocycles. The van der Waals surface area contributed by atoms with Crippen molar-refractivity contribution in [3.8, 4) is 0 Å². The van der Waals surface area contributed by atoms with Gasteiger partial charge in [0.05, 0.1) is 0 Å². The van der Waals surface area contributed by atoms with Crippen LogP contribution < -0.4 is 0 Å². The summed E-state index contributed by atoms with van der Waals surface area (Å²) in [6.45, 7) is 1.61. The average molecular weight is 215 g/mol. The van der Waals surface area contributed by atoms with E-state index in [1.54, 1.807) is 19.1 Å². The molecule has 1 aromatic rings. The Hall–Kier alpha value is -0.890. The second-order valence-electron chi connectivity index (χ2n) is 3.13. The van der Waals surface area contributed by atoms with Gasteiger partial charge >= 0.3 is 0 Å². The maximum absolute atomic E-state index is 13.1. The summed E-state index contributed by atoms with van der Waals surface area (Å²) in [6, 6.07) is 4.55. The molecule has 0 saturated heterocycles. The monoisotopic (exact) mass is 214 g/mol. The van der Waals surface area contributed by atoms with Crippen LogP contribution >= 0.6 is 11.6 Å². The minimum Gasteiger partial charge on any atom is -0.294 e. The normalized spacial score (nSPS) is 10.2. The van der Waals surface area contributed by atoms with Gasteiger partial charge in [-0.25, -0.2) is 4.39 Å². The highest BCUT2D eigenvalue weighted by Crippen LogP contribution is 2.14. The first kappa shape index (κ1) is 11.2. The smallest absolute Gasteiger partial charge is 0.163 e. The number of hydrogen-bond acceptors (Lipinski definition) is 1. The van der Waals surface area contributed by atoms with Gasteiger partial charge in [0.25, 0.3) is 0 Å². The van der Waals surface area contributed by atoms with E-state index < -0.39 is 0 Å². The predicted molar refractivity (Wildman–Crippen MR) is 55.4 cm³/mol. The lowest BCUT2D eigenvalue weighted by Gasteiger charge is -2.04. The van der Waals surface area contributed by atoms with Gasteiger partial charge in [-0.2, -0.15) is 0 Å². The first-order valence-electron chi connectivity index (χ1n) is 4.51. The topological polar surface area (TPSA) is 17.1 Å². The van der Waals surface area contributed by atoms with Crippen molar-refractivity contribution in [2.24, 2.45) is 0 Å². The molecule has 0 bridgehead atoms. The van der Waals surface area contributed by atoms with E-state index in [-0.39, 0.29) is 11.6 Å². The van der Waals surface area contributed by atoms with Crippen LogP contribution in [-0.4, -0.2) is 11.7 Å². The summed E-state index contributed by atoms with van der Waals surface area (Å²) in [7, 11) is 0. The van der Waals surface area contributed by atoms with E-state index >= 15 is 0 Å². The highest BCUT2D eigenvalue weighted by atomic mass is 35.5. The van der Waals surface area contributed by atoms with Gasteiger partial charge in [-0.05, 0) is 25.0 Å². The first-order valence-corrected chi connectivity index (χ1v) is 5.04. The van der Waals surface area contributed by atoms with Gasteiger partial charge in [-0.1, -0.05) is 12.1 Å². The molecule has 0 saturated carbocycles. The van der Waals surface area contributed by atoms with Gasteiger partial charge in [-0.3, -0.25) is 4.79 Å². The number of alkyl halides is 1. The molecule has 0 aliphatic heterocycles. The van der Waals surface area contributed by atoms with Gasteiger partial charge in [0.1, 0.15) is 5.82 Å². The van der Waals surface area contributed by atoms with Crippen LogP contribution in [0, 0.1) is 12.7 Å². The summed E-state index contributed by atoms with van der Waals surface area (Å²) >= 11 is 5.48. The zero-order valence-electron chi connectivity index (χ0n) is 8.02. The standard InChI is InChI=1S/C11H12ClFO/c1-8-9(4-2-5-10(8)13)11(14)6-3-7-12/h2,4-5H,3,6-7H2,1H3. The number of benzene rings is 1. The average Bonchev–Trinajstić information content (AvgIpc) is 2.18. The van der Waals surface area contributed by atoms with Crippen LogP contribution in [0.3, 0.4) is 0 Å². The Labute approximate surface area is 87.9 Å². The molecule has 76 valence electrons. The second kappa shape index (κ2) is 5.11. The molecule has 3 heteroatoms. The summed E-state index contributed by atoms with van der Waals surface area (Å²) in [5.41, 5.74) is 0.891. The van der Waals surface area contributed by atoms with E-state index in [0.29, 0.717) is 29.8 Å². The number of Topliss-reactive ketones (excluding diaryl/α,β-unsaturated/α-hetero) is 1. The van der Waals surface area contributed by atoms with Crippen LogP contribution in [0.1, 0.15) is 28.8 Å².